The first-order chi connectivity index (χ1) is 32.0. The molecule has 0 aromatic carbocycles. The predicted molar refractivity (Wildman–Crippen MR) is 279 cm³/mol. The number of allylic oxidation sites excluding steroid dienone is 4. The quantitative estimate of drug-likeness (QED) is 0.0262. The van der Waals surface area contributed by atoms with Crippen LogP contribution in [-0.2, 0) is 28.6 Å². The van der Waals surface area contributed by atoms with Crippen molar-refractivity contribution in [2.24, 2.45) is 0 Å². The summed E-state index contributed by atoms with van der Waals surface area (Å²) in [7, 11) is 0. The Morgan fingerprint density at radius 3 is 0.800 bits per heavy atom. The van der Waals surface area contributed by atoms with E-state index in [4.69, 9.17) is 14.2 Å². The molecular formula is C59H110O6. The Labute approximate surface area is 404 Å². The van der Waals surface area contributed by atoms with Gasteiger partial charge in [0.05, 0.1) is 0 Å². The molecule has 1 unspecified atom stereocenters. The van der Waals surface area contributed by atoms with Crippen molar-refractivity contribution in [1.82, 2.24) is 0 Å². The van der Waals surface area contributed by atoms with Gasteiger partial charge in [0, 0.05) is 19.3 Å². The number of unbranched alkanes of at least 4 members (excludes halogenated alkanes) is 38. The molecule has 0 aromatic heterocycles. The minimum Gasteiger partial charge on any atom is -0.462 e. The first-order valence-corrected chi connectivity index (χ1v) is 28.8. The summed E-state index contributed by atoms with van der Waals surface area (Å²) in [5.41, 5.74) is 0. The molecule has 0 aromatic rings. The van der Waals surface area contributed by atoms with Crippen molar-refractivity contribution in [3.05, 3.63) is 24.3 Å². The maximum absolute atomic E-state index is 12.8. The van der Waals surface area contributed by atoms with Crippen LogP contribution in [0.5, 0.6) is 0 Å². The molecule has 0 radical (unpaired) electrons. The van der Waals surface area contributed by atoms with Crippen molar-refractivity contribution in [3.8, 4) is 0 Å². The highest BCUT2D eigenvalue weighted by atomic mass is 16.6. The number of carbonyl (C=O) groups excluding carboxylic acids is 3. The van der Waals surface area contributed by atoms with Crippen LogP contribution < -0.4 is 0 Å². The monoisotopic (exact) mass is 915 g/mol. The highest BCUT2D eigenvalue weighted by Crippen LogP contribution is 2.17. The Bertz CT molecular complexity index is 1050. The summed E-state index contributed by atoms with van der Waals surface area (Å²) in [5.74, 6) is -0.873. The van der Waals surface area contributed by atoms with Crippen LogP contribution in [0.25, 0.3) is 0 Å². The Hall–Kier alpha value is -2.11. The van der Waals surface area contributed by atoms with Gasteiger partial charge in [0.1, 0.15) is 13.2 Å². The normalized spacial score (nSPS) is 12.1. The van der Waals surface area contributed by atoms with Crippen LogP contribution in [0.1, 0.15) is 316 Å². The molecule has 382 valence electrons. The van der Waals surface area contributed by atoms with Crippen molar-refractivity contribution in [3.63, 3.8) is 0 Å². The van der Waals surface area contributed by atoms with E-state index in [1.807, 2.05) is 0 Å². The molecule has 0 saturated heterocycles. The molecule has 65 heavy (non-hydrogen) atoms. The summed E-state index contributed by atoms with van der Waals surface area (Å²) >= 11 is 0. The molecule has 6 nitrogen and oxygen atoms in total. The van der Waals surface area contributed by atoms with Crippen molar-refractivity contribution in [2.75, 3.05) is 13.2 Å². The molecule has 1 atom stereocenters. The van der Waals surface area contributed by atoms with Crippen LogP contribution in [0.3, 0.4) is 0 Å². The average molecular weight is 916 g/mol. The topological polar surface area (TPSA) is 78.9 Å². The first-order valence-electron chi connectivity index (χ1n) is 28.8. The Morgan fingerprint density at radius 1 is 0.292 bits per heavy atom. The standard InChI is InChI=1S/C59H110O6/c1-4-7-10-13-16-19-22-25-27-28-29-30-31-33-34-37-40-43-46-49-52-58(61)64-55-56(54-63-57(60)51-48-45-42-39-36-24-21-18-15-12-9-6-3)65-59(62)53-50-47-44-41-38-35-32-26-23-20-17-14-11-8-5-2/h18,21,26,32,56H,4-17,19-20,22-25,27-31,33-55H2,1-3H3/b21-18-,32-26-. The van der Waals surface area contributed by atoms with Crippen molar-refractivity contribution in [1.29, 1.82) is 0 Å². The van der Waals surface area contributed by atoms with Gasteiger partial charge in [-0.25, -0.2) is 0 Å². The maximum Gasteiger partial charge on any atom is 0.306 e. The molecule has 0 saturated carbocycles. The van der Waals surface area contributed by atoms with Crippen LogP contribution in [0.2, 0.25) is 0 Å². The average Bonchev–Trinajstić information content (AvgIpc) is 3.30. The molecule has 0 spiro atoms. The number of carbonyl (C=O) groups is 3. The molecular weight excluding hydrogens is 805 g/mol. The number of hydrogen-bond acceptors (Lipinski definition) is 6. The number of hydrogen-bond donors (Lipinski definition) is 0. The zero-order chi connectivity index (χ0) is 47.2. The van der Waals surface area contributed by atoms with Gasteiger partial charge in [-0.2, -0.15) is 0 Å². The molecule has 0 amide bonds. The third-order valence-electron chi connectivity index (χ3n) is 12.9. The summed E-state index contributed by atoms with van der Waals surface area (Å²) < 4.78 is 16.8. The van der Waals surface area contributed by atoms with E-state index in [-0.39, 0.29) is 31.1 Å². The lowest BCUT2D eigenvalue weighted by Gasteiger charge is -2.18. The van der Waals surface area contributed by atoms with Gasteiger partial charge in [-0.15, -0.1) is 0 Å². The molecule has 0 bridgehead atoms. The van der Waals surface area contributed by atoms with Crippen LogP contribution in [0.15, 0.2) is 24.3 Å². The molecule has 0 rings (SSSR count). The lowest BCUT2D eigenvalue weighted by atomic mass is 10.0. The van der Waals surface area contributed by atoms with Crippen LogP contribution in [0.4, 0.5) is 0 Å². The zero-order valence-electron chi connectivity index (χ0n) is 43.8. The SMILES string of the molecule is CCCCC/C=C\CCCCCCCC(=O)OCC(COC(=O)CCCCCCCCCCCCCCCCCCCCCC)OC(=O)CCCCCCC/C=C\CCCCCCCC. The fourth-order valence-electron chi connectivity index (χ4n) is 8.55. The first kappa shape index (κ1) is 62.9. The minimum absolute atomic E-state index is 0.0729. The molecule has 6 heteroatoms. The number of rotatable bonds is 53. The predicted octanol–water partition coefficient (Wildman–Crippen LogP) is 19.1. The van der Waals surface area contributed by atoms with E-state index in [2.05, 4.69) is 45.1 Å². The third-order valence-corrected chi connectivity index (χ3v) is 12.9. The summed E-state index contributed by atoms with van der Waals surface area (Å²) in [6, 6.07) is 0. The fourth-order valence-corrected chi connectivity index (χ4v) is 8.55. The molecule has 0 heterocycles. The van der Waals surface area contributed by atoms with Crippen LogP contribution >= 0.6 is 0 Å². The van der Waals surface area contributed by atoms with E-state index in [1.54, 1.807) is 0 Å². The Morgan fingerprint density at radius 2 is 0.508 bits per heavy atom. The van der Waals surface area contributed by atoms with Gasteiger partial charge in [-0.3, -0.25) is 14.4 Å². The summed E-state index contributed by atoms with van der Waals surface area (Å²) in [6.45, 7) is 6.64. The van der Waals surface area contributed by atoms with Crippen molar-refractivity contribution in [2.45, 2.75) is 322 Å². The van der Waals surface area contributed by atoms with Gasteiger partial charge in [0.2, 0.25) is 0 Å². The van der Waals surface area contributed by atoms with E-state index in [0.717, 1.165) is 70.6 Å². The summed E-state index contributed by atoms with van der Waals surface area (Å²) in [6.07, 6.45) is 63.1. The molecule has 0 N–H and O–H groups in total. The smallest absolute Gasteiger partial charge is 0.306 e. The highest BCUT2D eigenvalue weighted by Gasteiger charge is 2.19. The van der Waals surface area contributed by atoms with E-state index < -0.39 is 6.10 Å². The maximum atomic E-state index is 12.8. The Kier molecular flexibility index (Phi) is 52.7. The second kappa shape index (κ2) is 54.5. The van der Waals surface area contributed by atoms with Gasteiger partial charge in [-0.1, -0.05) is 251 Å². The molecule has 0 fully saturated rings. The zero-order valence-corrected chi connectivity index (χ0v) is 43.8. The third kappa shape index (κ3) is 52.7. The summed E-state index contributed by atoms with van der Waals surface area (Å²) in [5, 5.41) is 0. The van der Waals surface area contributed by atoms with Gasteiger partial charge in [-0.05, 0) is 70.6 Å². The van der Waals surface area contributed by atoms with E-state index in [0.29, 0.717) is 19.3 Å². The second-order valence-corrected chi connectivity index (χ2v) is 19.6. The highest BCUT2D eigenvalue weighted by molar-refractivity contribution is 5.71. The van der Waals surface area contributed by atoms with Gasteiger partial charge >= 0.3 is 17.9 Å². The minimum atomic E-state index is -0.775. The summed E-state index contributed by atoms with van der Waals surface area (Å²) in [4.78, 5) is 38.1. The molecule has 0 aliphatic heterocycles. The van der Waals surface area contributed by atoms with Gasteiger partial charge < -0.3 is 14.2 Å². The van der Waals surface area contributed by atoms with Crippen molar-refractivity contribution >= 4 is 17.9 Å². The molecule has 0 aliphatic carbocycles. The Balaban J connectivity index is 4.29. The second-order valence-electron chi connectivity index (χ2n) is 19.6. The molecule has 0 aliphatic rings. The van der Waals surface area contributed by atoms with E-state index >= 15 is 0 Å². The van der Waals surface area contributed by atoms with Crippen LogP contribution in [0, 0.1) is 0 Å². The lowest BCUT2D eigenvalue weighted by Crippen LogP contribution is -2.30. The lowest BCUT2D eigenvalue weighted by molar-refractivity contribution is -0.167. The van der Waals surface area contributed by atoms with Crippen molar-refractivity contribution < 1.29 is 28.6 Å². The van der Waals surface area contributed by atoms with E-state index in [1.165, 1.54) is 205 Å². The fraction of sp³-hybridized carbons (Fsp3) is 0.881. The van der Waals surface area contributed by atoms with Gasteiger partial charge in [0.25, 0.3) is 0 Å². The van der Waals surface area contributed by atoms with Gasteiger partial charge in [0.15, 0.2) is 6.10 Å². The van der Waals surface area contributed by atoms with E-state index in [9.17, 15) is 14.4 Å². The van der Waals surface area contributed by atoms with Crippen LogP contribution in [-0.4, -0.2) is 37.2 Å². The number of esters is 3. The number of ether oxygens (including phenoxy) is 3. The largest absolute Gasteiger partial charge is 0.462 e.